The quantitative estimate of drug-likeness (QED) is 0.845. The van der Waals surface area contributed by atoms with Crippen LogP contribution in [0.4, 0.5) is 0 Å². The summed E-state index contributed by atoms with van der Waals surface area (Å²) in [5.41, 5.74) is 3.19. The standard InChI is InChI=1S/C13H18N2O/c1-4-9(5-2)10-6-7-12-11(8-10)14-13(16)15(12)3/h6-9H,4-5H2,1-3H3,(H,14,16). The van der Waals surface area contributed by atoms with Crippen LogP contribution in [0.3, 0.4) is 0 Å². The molecule has 0 saturated carbocycles. The minimum Gasteiger partial charge on any atom is -0.306 e. The zero-order chi connectivity index (χ0) is 11.7. The first-order valence-electron chi connectivity index (χ1n) is 5.86. The summed E-state index contributed by atoms with van der Waals surface area (Å²) in [6.07, 6.45) is 2.28. The Kier molecular flexibility index (Phi) is 2.86. The van der Waals surface area contributed by atoms with Crippen molar-refractivity contribution in [3.63, 3.8) is 0 Å². The number of fused-ring (bicyclic) bond motifs is 1. The molecule has 86 valence electrons. The molecule has 16 heavy (non-hydrogen) atoms. The summed E-state index contributed by atoms with van der Waals surface area (Å²) in [5, 5.41) is 0. The van der Waals surface area contributed by atoms with Gasteiger partial charge in [-0.25, -0.2) is 4.79 Å². The highest BCUT2D eigenvalue weighted by atomic mass is 16.1. The molecule has 0 bridgehead atoms. The Morgan fingerprint density at radius 3 is 2.62 bits per heavy atom. The van der Waals surface area contributed by atoms with E-state index < -0.39 is 0 Å². The number of nitrogens with one attached hydrogen (secondary N) is 1. The molecule has 0 fully saturated rings. The summed E-state index contributed by atoms with van der Waals surface area (Å²) < 4.78 is 1.64. The Morgan fingerprint density at radius 1 is 1.31 bits per heavy atom. The monoisotopic (exact) mass is 218 g/mol. The highest BCUT2D eigenvalue weighted by molar-refractivity contribution is 5.76. The van der Waals surface area contributed by atoms with Crippen molar-refractivity contribution in [2.75, 3.05) is 0 Å². The Morgan fingerprint density at radius 2 is 2.00 bits per heavy atom. The summed E-state index contributed by atoms with van der Waals surface area (Å²) >= 11 is 0. The second-order valence-electron chi connectivity index (χ2n) is 4.28. The van der Waals surface area contributed by atoms with Crippen molar-refractivity contribution in [1.82, 2.24) is 9.55 Å². The average Bonchev–Trinajstić information content (AvgIpc) is 2.56. The zero-order valence-corrected chi connectivity index (χ0v) is 10.1. The van der Waals surface area contributed by atoms with E-state index in [0.29, 0.717) is 5.92 Å². The van der Waals surface area contributed by atoms with Gasteiger partial charge in [-0.2, -0.15) is 0 Å². The molecule has 0 spiro atoms. The van der Waals surface area contributed by atoms with E-state index in [0.717, 1.165) is 23.9 Å². The molecule has 1 aromatic heterocycles. The number of hydrogen-bond acceptors (Lipinski definition) is 1. The van der Waals surface area contributed by atoms with Crippen molar-refractivity contribution in [3.8, 4) is 0 Å². The van der Waals surface area contributed by atoms with Crippen molar-refractivity contribution in [2.45, 2.75) is 32.6 Å². The molecule has 2 rings (SSSR count). The molecular weight excluding hydrogens is 200 g/mol. The number of hydrogen-bond donors (Lipinski definition) is 1. The van der Waals surface area contributed by atoms with Crippen LogP contribution in [0.5, 0.6) is 0 Å². The first kappa shape index (κ1) is 11.0. The van der Waals surface area contributed by atoms with Crippen LogP contribution in [-0.2, 0) is 7.05 Å². The van der Waals surface area contributed by atoms with Crippen LogP contribution in [0.1, 0.15) is 38.2 Å². The lowest BCUT2D eigenvalue weighted by Crippen LogP contribution is -2.11. The second-order valence-corrected chi connectivity index (χ2v) is 4.28. The third-order valence-electron chi connectivity index (χ3n) is 3.39. The number of aromatic nitrogens is 2. The predicted octanol–water partition coefficient (Wildman–Crippen LogP) is 2.77. The van der Waals surface area contributed by atoms with Crippen molar-refractivity contribution >= 4 is 11.0 Å². The molecule has 0 atom stereocenters. The molecule has 0 aliphatic carbocycles. The van der Waals surface area contributed by atoms with Crippen molar-refractivity contribution in [3.05, 3.63) is 34.2 Å². The van der Waals surface area contributed by atoms with E-state index in [9.17, 15) is 4.79 Å². The largest absolute Gasteiger partial charge is 0.326 e. The zero-order valence-electron chi connectivity index (χ0n) is 10.1. The van der Waals surface area contributed by atoms with Gasteiger partial charge in [-0.1, -0.05) is 19.9 Å². The molecule has 3 heteroatoms. The van der Waals surface area contributed by atoms with Gasteiger partial charge >= 0.3 is 5.69 Å². The Hall–Kier alpha value is -1.51. The molecule has 1 N–H and O–H groups in total. The molecule has 0 aliphatic rings. The van der Waals surface area contributed by atoms with Gasteiger partial charge in [0.2, 0.25) is 0 Å². The van der Waals surface area contributed by atoms with E-state index in [1.807, 2.05) is 6.07 Å². The van der Waals surface area contributed by atoms with E-state index in [-0.39, 0.29) is 5.69 Å². The van der Waals surface area contributed by atoms with Gasteiger partial charge in [-0.3, -0.25) is 4.57 Å². The first-order chi connectivity index (χ1) is 7.67. The van der Waals surface area contributed by atoms with E-state index >= 15 is 0 Å². The van der Waals surface area contributed by atoms with Gasteiger partial charge in [0.25, 0.3) is 0 Å². The fraction of sp³-hybridized carbons (Fsp3) is 0.462. The maximum Gasteiger partial charge on any atom is 0.326 e. The van der Waals surface area contributed by atoms with E-state index in [2.05, 4.69) is 31.0 Å². The SMILES string of the molecule is CCC(CC)c1ccc2c(c1)[nH]c(=O)n2C. The lowest BCUT2D eigenvalue weighted by Gasteiger charge is -2.12. The highest BCUT2D eigenvalue weighted by Gasteiger charge is 2.09. The van der Waals surface area contributed by atoms with Gasteiger partial charge < -0.3 is 4.98 Å². The van der Waals surface area contributed by atoms with Crippen LogP contribution in [-0.4, -0.2) is 9.55 Å². The maximum atomic E-state index is 11.5. The van der Waals surface area contributed by atoms with E-state index in [1.54, 1.807) is 11.6 Å². The number of benzene rings is 1. The van der Waals surface area contributed by atoms with Crippen molar-refractivity contribution < 1.29 is 0 Å². The molecule has 3 nitrogen and oxygen atoms in total. The van der Waals surface area contributed by atoms with E-state index in [4.69, 9.17) is 0 Å². The maximum absolute atomic E-state index is 11.5. The van der Waals surface area contributed by atoms with Crippen LogP contribution in [0.15, 0.2) is 23.0 Å². The fourth-order valence-electron chi connectivity index (χ4n) is 2.27. The van der Waals surface area contributed by atoms with Crippen LogP contribution >= 0.6 is 0 Å². The average molecular weight is 218 g/mol. The molecule has 1 heterocycles. The molecule has 0 aliphatic heterocycles. The van der Waals surface area contributed by atoms with Gasteiger partial charge in [0.1, 0.15) is 0 Å². The highest BCUT2D eigenvalue weighted by Crippen LogP contribution is 2.25. The molecule has 1 aromatic carbocycles. The van der Waals surface area contributed by atoms with Crippen molar-refractivity contribution in [2.24, 2.45) is 7.05 Å². The predicted molar refractivity (Wildman–Crippen MR) is 66.9 cm³/mol. The molecule has 0 saturated heterocycles. The summed E-state index contributed by atoms with van der Waals surface area (Å²) in [6.45, 7) is 4.40. The molecule has 0 radical (unpaired) electrons. The third-order valence-corrected chi connectivity index (χ3v) is 3.39. The van der Waals surface area contributed by atoms with Crippen molar-refractivity contribution in [1.29, 1.82) is 0 Å². The van der Waals surface area contributed by atoms with Crippen LogP contribution < -0.4 is 5.69 Å². The van der Waals surface area contributed by atoms with Gasteiger partial charge in [0, 0.05) is 7.05 Å². The lowest BCUT2D eigenvalue weighted by atomic mass is 9.94. The van der Waals surface area contributed by atoms with Gasteiger partial charge in [0.05, 0.1) is 11.0 Å². The molecule has 0 unspecified atom stereocenters. The smallest absolute Gasteiger partial charge is 0.306 e. The van der Waals surface area contributed by atoms with E-state index in [1.165, 1.54) is 5.56 Å². The molecule has 2 aromatic rings. The fourth-order valence-corrected chi connectivity index (χ4v) is 2.27. The summed E-state index contributed by atoms with van der Waals surface area (Å²) in [5.74, 6) is 0.591. The number of H-pyrrole nitrogens is 1. The number of aryl methyl sites for hydroxylation is 1. The molecular formula is C13H18N2O. The Balaban J connectivity index is 2.56. The Labute approximate surface area is 95.1 Å². The lowest BCUT2D eigenvalue weighted by molar-refractivity contribution is 0.642. The topological polar surface area (TPSA) is 37.8 Å². The van der Waals surface area contributed by atoms with Crippen LogP contribution in [0.2, 0.25) is 0 Å². The van der Waals surface area contributed by atoms with Gasteiger partial charge in [-0.05, 0) is 36.5 Å². The third kappa shape index (κ3) is 1.66. The summed E-state index contributed by atoms with van der Waals surface area (Å²) in [4.78, 5) is 14.3. The summed E-state index contributed by atoms with van der Waals surface area (Å²) in [7, 11) is 1.79. The number of nitrogens with zero attached hydrogens (tertiary/aromatic N) is 1. The normalized spacial score (nSPS) is 11.5. The number of imidazole rings is 1. The second kappa shape index (κ2) is 4.16. The first-order valence-corrected chi connectivity index (χ1v) is 5.86. The number of aromatic amines is 1. The Bertz CT molecular complexity index is 547. The van der Waals surface area contributed by atoms with Gasteiger partial charge in [0.15, 0.2) is 0 Å². The van der Waals surface area contributed by atoms with Gasteiger partial charge in [-0.15, -0.1) is 0 Å². The number of rotatable bonds is 3. The van der Waals surface area contributed by atoms with Crippen LogP contribution in [0, 0.1) is 0 Å². The minimum atomic E-state index is -0.0447. The summed E-state index contributed by atoms with van der Waals surface area (Å²) in [6, 6.07) is 6.27. The van der Waals surface area contributed by atoms with Crippen LogP contribution in [0.25, 0.3) is 11.0 Å². The minimum absolute atomic E-state index is 0.0447. The molecule has 0 amide bonds.